The second-order valence-corrected chi connectivity index (χ2v) is 14.7. The molecule has 2 N–H and O–H groups in total. The Labute approximate surface area is 297 Å². The number of β-amino-alcohol motifs (C(OH)–C–C–N with tert-alkyl or cyclic N) is 2. The Hall–Kier alpha value is -3.24. The lowest BCUT2D eigenvalue weighted by molar-refractivity contribution is -0.0256. The molecule has 2 aromatic heterocycles. The van der Waals surface area contributed by atoms with Crippen molar-refractivity contribution in [1.82, 2.24) is 19.8 Å². The Bertz CT molecular complexity index is 1890. The third-order valence-electron chi connectivity index (χ3n) is 10.9. The fourth-order valence-corrected chi connectivity index (χ4v) is 9.08. The summed E-state index contributed by atoms with van der Waals surface area (Å²) in [6, 6.07) is 16.5. The van der Waals surface area contributed by atoms with Crippen molar-refractivity contribution >= 4 is 23.2 Å². The van der Waals surface area contributed by atoms with Gasteiger partial charge in [0.25, 0.3) is 0 Å². The maximum atomic E-state index is 9.89. The Morgan fingerprint density at radius 3 is 1.84 bits per heavy atom. The summed E-state index contributed by atoms with van der Waals surface area (Å²) in [6.45, 7) is 3.96. The number of aliphatic hydroxyl groups excluding tert-OH is 2. The Morgan fingerprint density at radius 1 is 0.735 bits per heavy atom. The van der Waals surface area contributed by atoms with E-state index in [4.69, 9.17) is 42.6 Å². The van der Waals surface area contributed by atoms with Crippen LogP contribution in [0.3, 0.4) is 0 Å². The average molecular weight is 702 g/mol. The van der Waals surface area contributed by atoms with Crippen LogP contribution in [0.5, 0.6) is 11.8 Å². The van der Waals surface area contributed by atoms with Crippen LogP contribution in [0.25, 0.3) is 33.6 Å². The quantitative estimate of drug-likeness (QED) is 0.184. The van der Waals surface area contributed by atoms with Crippen LogP contribution >= 0.6 is 23.2 Å². The molecule has 4 heterocycles. The third kappa shape index (κ3) is 6.00. The first-order chi connectivity index (χ1) is 23.8. The molecule has 10 heteroatoms. The molecule has 0 spiro atoms. The van der Waals surface area contributed by atoms with Crippen molar-refractivity contribution < 1.29 is 19.7 Å². The summed E-state index contributed by atoms with van der Waals surface area (Å²) in [4.78, 5) is 14.6. The first kappa shape index (κ1) is 32.9. The van der Waals surface area contributed by atoms with E-state index in [1.54, 1.807) is 14.2 Å². The van der Waals surface area contributed by atoms with E-state index in [1.807, 2.05) is 36.4 Å². The molecule has 256 valence electrons. The summed E-state index contributed by atoms with van der Waals surface area (Å²) >= 11 is 14.4. The van der Waals surface area contributed by atoms with E-state index in [9.17, 15) is 10.2 Å². The van der Waals surface area contributed by atoms with E-state index < -0.39 is 0 Å². The van der Waals surface area contributed by atoms with Gasteiger partial charge in [-0.15, -0.1) is 0 Å². The minimum Gasteiger partial charge on any atom is -0.481 e. The number of ether oxygens (including phenoxy) is 2. The van der Waals surface area contributed by atoms with Crippen molar-refractivity contribution in [1.29, 1.82) is 0 Å². The molecular formula is C39H42Cl2N4O4. The van der Waals surface area contributed by atoms with Gasteiger partial charge in [-0.2, -0.15) is 0 Å². The van der Waals surface area contributed by atoms with Crippen molar-refractivity contribution in [3.63, 3.8) is 0 Å². The third-order valence-corrected chi connectivity index (χ3v) is 11.7. The molecule has 49 heavy (non-hydrogen) atoms. The molecule has 0 amide bonds. The molecule has 0 radical (unpaired) electrons. The molecule has 4 aromatic rings. The Morgan fingerprint density at radius 2 is 1.27 bits per heavy atom. The molecule has 8 nitrogen and oxygen atoms in total. The maximum absolute atomic E-state index is 9.89. The molecule has 4 aliphatic rings. The van der Waals surface area contributed by atoms with Gasteiger partial charge in [-0.3, -0.25) is 9.80 Å². The number of benzene rings is 2. The van der Waals surface area contributed by atoms with Crippen LogP contribution in [0.2, 0.25) is 10.0 Å². The topological polar surface area (TPSA) is 91.2 Å². The highest BCUT2D eigenvalue weighted by Crippen LogP contribution is 2.48. The van der Waals surface area contributed by atoms with Gasteiger partial charge in [0.2, 0.25) is 11.8 Å². The second kappa shape index (κ2) is 13.5. The van der Waals surface area contributed by atoms with E-state index in [1.165, 1.54) is 16.7 Å². The van der Waals surface area contributed by atoms with Gasteiger partial charge in [-0.05, 0) is 74.2 Å². The first-order valence-electron chi connectivity index (χ1n) is 17.4. The first-order valence-corrected chi connectivity index (χ1v) is 18.1. The number of rotatable bonds is 10. The average Bonchev–Trinajstić information content (AvgIpc) is 3.70. The smallest absolute Gasteiger partial charge is 0.218 e. The summed E-state index contributed by atoms with van der Waals surface area (Å²) in [5.74, 6) is 1.72. The van der Waals surface area contributed by atoms with Crippen LogP contribution in [-0.2, 0) is 12.8 Å². The van der Waals surface area contributed by atoms with E-state index in [0.29, 0.717) is 40.8 Å². The van der Waals surface area contributed by atoms with Crippen LogP contribution in [-0.4, -0.2) is 89.1 Å². The largest absolute Gasteiger partial charge is 0.481 e. The summed E-state index contributed by atoms with van der Waals surface area (Å²) in [5, 5.41) is 20.7. The van der Waals surface area contributed by atoms with Gasteiger partial charge >= 0.3 is 0 Å². The molecular weight excluding hydrogens is 659 g/mol. The lowest BCUT2D eigenvalue weighted by Crippen LogP contribution is -2.51. The summed E-state index contributed by atoms with van der Waals surface area (Å²) in [6.07, 6.45) is 5.72. The number of aliphatic hydroxyl groups is 2. The summed E-state index contributed by atoms with van der Waals surface area (Å²) < 4.78 is 11.7. The van der Waals surface area contributed by atoms with Crippen LogP contribution in [0.1, 0.15) is 59.9 Å². The molecule has 2 saturated heterocycles. The number of aryl methyl sites for hydroxylation is 2. The van der Waals surface area contributed by atoms with Crippen molar-refractivity contribution in [2.75, 3.05) is 46.9 Å². The number of nitrogens with zero attached hydrogens (tertiary/aromatic N) is 4. The molecule has 2 aromatic carbocycles. The standard InChI is InChI=1S/C39H42Cl2N4O4/c1-48-38-34-22(6-5-15-44-18-25(46)19-44)11-12-23(34)16-31(42-38)29-9-3-7-27(36(29)40)28-8-4-10-30(37(28)41)32-17-24-13-14-33(45-20-26(47)21-45)35(24)39(43-32)49-2/h3-4,7-10,16-17,22,25-26,33,46-47H,5-6,11-15,18-21H2,1-2H3. The highest BCUT2D eigenvalue weighted by atomic mass is 35.5. The zero-order valence-corrected chi connectivity index (χ0v) is 29.5. The SMILES string of the molecule is COc1nc(-c2cccc(-c3cccc(-c4cc5c(c(OC)n4)C(N4CC(O)C4)CC5)c3Cl)c2Cl)cc2c1C(CCCN1CC(O)C1)CC2. The lowest BCUT2D eigenvalue weighted by atomic mass is 9.95. The van der Waals surface area contributed by atoms with Crippen molar-refractivity contribution in [2.45, 2.75) is 62.7 Å². The van der Waals surface area contributed by atoms with Crippen molar-refractivity contribution in [2.24, 2.45) is 0 Å². The number of methoxy groups -OCH3 is 2. The number of hydrogen-bond acceptors (Lipinski definition) is 8. The number of likely N-dealkylation sites (tertiary alicyclic amines) is 2. The minimum absolute atomic E-state index is 0.160. The highest BCUT2D eigenvalue weighted by Gasteiger charge is 2.38. The zero-order chi connectivity index (χ0) is 33.8. The fraction of sp³-hybridized carbons (Fsp3) is 0.436. The summed E-state index contributed by atoms with van der Waals surface area (Å²) in [7, 11) is 3.36. The number of halogens is 2. The number of fused-ring (bicyclic) bond motifs is 2. The van der Waals surface area contributed by atoms with Gasteiger partial charge in [-0.25, -0.2) is 9.97 Å². The Balaban J connectivity index is 1.09. The van der Waals surface area contributed by atoms with Gasteiger partial charge < -0.3 is 19.7 Å². The predicted molar refractivity (Wildman–Crippen MR) is 193 cm³/mol. The number of aromatic nitrogens is 2. The molecule has 2 aliphatic carbocycles. The second-order valence-electron chi connectivity index (χ2n) is 14.0. The van der Waals surface area contributed by atoms with Gasteiger partial charge in [-0.1, -0.05) is 59.6 Å². The zero-order valence-electron chi connectivity index (χ0n) is 28.0. The van der Waals surface area contributed by atoms with Crippen LogP contribution < -0.4 is 9.47 Å². The van der Waals surface area contributed by atoms with Gasteiger partial charge in [0.05, 0.1) is 47.9 Å². The van der Waals surface area contributed by atoms with E-state index in [2.05, 4.69) is 21.9 Å². The van der Waals surface area contributed by atoms with E-state index in [-0.39, 0.29) is 18.2 Å². The molecule has 2 atom stereocenters. The number of pyridine rings is 2. The van der Waals surface area contributed by atoms with Crippen molar-refractivity contribution in [3.8, 4) is 45.4 Å². The Kier molecular flexibility index (Phi) is 9.06. The van der Waals surface area contributed by atoms with Crippen molar-refractivity contribution in [3.05, 3.63) is 80.8 Å². The van der Waals surface area contributed by atoms with Gasteiger partial charge in [0.1, 0.15) is 0 Å². The molecule has 2 aliphatic heterocycles. The minimum atomic E-state index is -0.255. The van der Waals surface area contributed by atoms with E-state index >= 15 is 0 Å². The van der Waals surface area contributed by atoms with Crippen LogP contribution in [0, 0.1) is 0 Å². The molecule has 2 unspecified atom stereocenters. The van der Waals surface area contributed by atoms with E-state index in [0.717, 1.165) is 97.4 Å². The molecule has 0 bridgehead atoms. The molecule has 0 saturated carbocycles. The van der Waals surface area contributed by atoms with Crippen LogP contribution in [0.15, 0.2) is 48.5 Å². The predicted octanol–water partition coefficient (Wildman–Crippen LogP) is 6.95. The molecule has 2 fully saturated rings. The maximum Gasteiger partial charge on any atom is 0.218 e. The summed E-state index contributed by atoms with van der Waals surface area (Å²) in [5.41, 5.74) is 9.69. The monoisotopic (exact) mass is 700 g/mol. The fourth-order valence-electron chi connectivity index (χ4n) is 8.43. The molecule has 8 rings (SSSR count). The lowest BCUT2D eigenvalue weighted by Gasteiger charge is -2.40. The van der Waals surface area contributed by atoms with Gasteiger partial charge in [0, 0.05) is 65.6 Å². The van der Waals surface area contributed by atoms with Gasteiger partial charge in [0.15, 0.2) is 0 Å². The highest BCUT2D eigenvalue weighted by molar-refractivity contribution is 6.39. The number of hydrogen-bond donors (Lipinski definition) is 2. The normalized spacial score (nSPS) is 20.9. The van der Waals surface area contributed by atoms with Crippen LogP contribution in [0.4, 0.5) is 0 Å².